The number of carbonyl (C=O) groups excluding carboxylic acids is 1. The molecule has 2 fully saturated rings. The molecule has 1 saturated carbocycles. The van der Waals surface area contributed by atoms with E-state index >= 15 is 0 Å². The van der Waals surface area contributed by atoms with Crippen LogP contribution < -0.4 is 11.1 Å². The summed E-state index contributed by atoms with van der Waals surface area (Å²) in [4.78, 5) is 14.5. The van der Waals surface area contributed by atoms with Crippen molar-refractivity contribution >= 4 is 5.91 Å². The third-order valence-corrected chi connectivity index (χ3v) is 4.49. The van der Waals surface area contributed by atoms with Crippen molar-refractivity contribution in [3.63, 3.8) is 0 Å². The van der Waals surface area contributed by atoms with Gasteiger partial charge in [-0.05, 0) is 45.7 Å². The van der Waals surface area contributed by atoms with Crippen LogP contribution in [0.3, 0.4) is 0 Å². The van der Waals surface area contributed by atoms with Crippen molar-refractivity contribution in [1.29, 1.82) is 0 Å². The Bertz CT molecular complexity index is 276. The van der Waals surface area contributed by atoms with E-state index < -0.39 is 0 Å². The minimum atomic E-state index is 0.0542. The van der Waals surface area contributed by atoms with Gasteiger partial charge in [-0.1, -0.05) is 12.8 Å². The fraction of sp³-hybridized carbons (Fsp3) is 0.929. The summed E-state index contributed by atoms with van der Waals surface area (Å²) >= 11 is 0. The first-order valence-corrected chi connectivity index (χ1v) is 7.46. The van der Waals surface area contributed by atoms with Crippen molar-refractivity contribution < 1.29 is 4.79 Å². The summed E-state index contributed by atoms with van der Waals surface area (Å²) < 4.78 is 0. The van der Waals surface area contributed by atoms with Gasteiger partial charge in [0.15, 0.2) is 0 Å². The molecule has 3 atom stereocenters. The number of piperidine rings is 1. The summed E-state index contributed by atoms with van der Waals surface area (Å²) in [7, 11) is 0. The van der Waals surface area contributed by atoms with Crippen molar-refractivity contribution in [2.75, 3.05) is 19.6 Å². The highest BCUT2D eigenvalue weighted by Crippen LogP contribution is 2.23. The summed E-state index contributed by atoms with van der Waals surface area (Å²) in [6.07, 6.45) is 7.01. The Kier molecular flexibility index (Phi) is 5.01. The van der Waals surface area contributed by atoms with E-state index in [1.807, 2.05) is 0 Å². The number of nitrogens with two attached hydrogens (primary N) is 1. The van der Waals surface area contributed by atoms with E-state index in [9.17, 15) is 4.79 Å². The fourth-order valence-electron chi connectivity index (χ4n) is 3.18. The molecule has 2 rings (SSSR count). The van der Waals surface area contributed by atoms with Gasteiger partial charge in [-0.2, -0.15) is 0 Å². The Hall–Kier alpha value is -0.610. The maximum Gasteiger partial charge on any atom is 0.224 e. The number of hydrogen-bond acceptors (Lipinski definition) is 3. The molecule has 0 aromatic rings. The molecule has 0 spiro atoms. The molecule has 1 aliphatic carbocycles. The molecule has 0 aromatic heterocycles. The van der Waals surface area contributed by atoms with E-state index in [-0.39, 0.29) is 17.9 Å². The largest absolute Gasteiger partial charge is 0.354 e. The van der Waals surface area contributed by atoms with Gasteiger partial charge in [0.2, 0.25) is 5.91 Å². The van der Waals surface area contributed by atoms with Crippen molar-refractivity contribution in [3.8, 4) is 0 Å². The van der Waals surface area contributed by atoms with Gasteiger partial charge in [0, 0.05) is 18.6 Å². The molecule has 2 aliphatic rings. The predicted molar refractivity (Wildman–Crippen MR) is 73.2 cm³/mol. The van der Waals surface area contributed by atoms with Gasteiger partial charge in [-0.3, -0.25) is 9.69 Å². The zero-order valence-electron chi connectivity index (χ0n) is 11.5. The number of nitrogens with one attached hydrogen (secondary N) is 1. The van der Waals surface area contributed by atoms with E-state index in [0.29, 0.717) is 6.04 Å². The standard InChI is InChI=1S/C14H27N3O/c1-11(17-8-3-2-4-9-17)10-16-14(18)12-6-5-7-13(12)15/h11-13H,2-10,15H2,1H3,(H,16,18). The van der Waals surface area contributed by atoms with Crippen LogP contribution in [0.1, 0.15) is 45.4 Å². The summed E-state index contributed by atoms with van der Waals surface area (Å²) in [5.41, 5.74) is 5.96. The second-order valence-corrected chi connectivity index (χ2v) is 5.89. The molecule has 3 unspecified atom stereocenters. The minimum absolute atomic E-state index is 0.0542. The van der Waals surface area contributed by atoms with Crippen LogP contribution in [0.25, 0.3) is 0 Å². The number of hydrogen-bond donors (Lipinski definition) is 2. The summed E-state index contributed by atoms with van der Waals surface area (Å²) in [6.45, 7) is 5.34. The number of rotatable bonds is 4. The van der Waals surface area contributed by atoms with Crippen molar-refractivity contribution in [3.05, 3.63) is 0 Å². The Morgan fingerprint density at radius 1 is 1.28 bits per heavy atom. The molecule has 1 amide bonds. The van der Waals surface area contributed by atoms with Crippen LogP contribution in [0.4, 0.5) is 0 Å². The van der Waals surface area contributed by atoms with Crippen LogP contribution in [0.5, 0.6) is 0 Å². The van der Waals surface area contributed by atoms with Gasteiger partial charge < -0.3 is 11.1 Å². The smallest absolute Gasteiger partial charge is 0.224 e. The molecule has 1 heterocycles. The molecule has 4 heteroatoms. The van der Waals surface area contributed by atoms with Crippen LogP contribution >= 0.6 is 0 Å². The maximum atomic E-state index is 12.0. The van der Waals surface area contributed by atoms with Crippen LogP contribution in [0.2, 0.25) is 0 Å². The van der Waals surface area contributed by atoms with Gasteiger partial charge in [-0.25, -0.2) is 0 Å². The lowest BCUT2D eigenvalue weighted by Gasteiger charge is -2.32. The average molecular weight is 253 g/mol. The first-order chi connectivity index (χ1) is 8.68. The molecule has 0 bridgehead atoms. The van der Waals surface area contributed by atoms with Gasteiger partial charge >= 0.3 is 0 Å². The first-order valence-electron chi connectivity index (χ1n) is 7.46. The summed E-state index contributed by atoms with van der Waals surface area (Å²) in [5, 5.41) is 3.09. The Morgan fingerprint density at radius 3 is 2.61 bits per heavy atom. The van der Waals surface area contributed by atoms with Crippen LogP contribution in [-0.2, 0) is 4.79 Å². The van der Waals surface area contributed by atoms with E-state index in [4.69, 9.17) is 5.73 Å². The Balaban J connectivity index is 1.71. The monoisotopic (exact) mass is 253 g/mol. The van der Waals surface area contributed by atoms with E-state index in [1.54, 1.807) is 0 Å². The molecule has 1 aliphatic heterocycles. The third-order valence-electron chi connectivity index (χ3n) is 4.49. The highest BCUT2D eigenvalue weighted by Gasteiger charge is 2.30. The van der Waals surface area contributed by atoms with E-state index in [2.05, 4.69) is 17.1 Å². The van der Waals surface area contributed by atoms with E-state index in [1.165, 1.54) is 32.4 Å². The molecule has 0 aromatic carbocycles. The fourth-order valence-corrected chi connectivity index (χ4v) is 3.18. The molecule has 18 heavy (non-hydrogen) atoms. The molecule has 1 saturated heterocycles. The molecule has 4 nitrogen and oxygen atoms in total. The van der Waals surface area contributed by atoms with Crippen LogP contribution in [0, 0.1) is 5.92 Å². The predicted octanol–water partition coefficient (Wildman–Crippen LogP) is 1.10. The van der Waals surface area contributed by atoms with Gasteiger partial charge in [-0.15, -0.1) is 0 Å². The number of likely N-dealkylation sites (tertiary alicyclic amines) is 1. The second kappa shape index (κ2) is 6.53. The molecule has 3 N–H and O–H groups in total. The third kappa shape index (κ3) is 3.45. The first kappa shape index (κ1) is 13.8. The Morgan fingerprint density at radius 2 is 2.00 bits per heavy atom. The molecule has 0 radical (unpaired) electrons. The van der Waals surface area contributed by atoms with Crippen molar-refractivity contribution in [2.45, 2.75) is 57.5 Å². The zero-order valence-corrected chi connectivity index (χ0v) is 11.5. The zero-order chi connectivity index (χ0) is 13.0. The van der Waals surface area contributed by atoms with Crippen LogP contribution in [-0.4, -0.2) is 42.5 Å². The second-order valence-electron chi connectivity index (χ2n) is 5.89. The lowest BCUT2D eigenvalue weighted by molar-refractivity contribution is -0.125. The quantitative estimate of drug-likeness (QED) is 0.789. The number of carbonyl (C=O) groups is 1. The van der Waals surface area contributed by atoms with Crippen molar-refractivity contribution in [1.82, 2.24) is 10.2 Å². The van der Waals surface area contributed by atoms with Crippen LogP contribution in [0.15, 0.2) is 0 Å². The van der Waals surface area contributed by atoms with Gasteiger partial charge in [0.05, 0.1) is 5.92 Å². The number of amides is 1. The average Bonchev–Trinajstić information content (AvgIpc) is 2.83. The van der Waals surface area contributed by atoms with Gasteiger partial charge in [0.1, 0.15) is 0 Å². The molecule has 104 valence electrons. The lowest BCUT2D eigenvalue weighted by Crippen LogP contribution is -2.47. The highest BCUT2D eigenvalue weighted by molar-refractivity contribution is 5.79. The lowest BCUT2D eigenvalue weighted by atomic mass is 10.0. The molecular weight excluding hydrogens is 226 g/mol. The van der Waals surface area contributed by atoms with E-state index in [0.717, 1.165) is 25.8 Å². The summed E-state index contributed by atoms with van der Waals surface area (Å²) in [6, 6.07) is 0.530. The topological polar surface area (TPSA) is 58.4 Å². The minimum Gasteiger partial charge on any atom is -0.354 e. The van der Waals surface area contributed by atoms with Crippen molar-refractivity contribution in [2.24, 2.45) is 11.7 Å². The SMILES string of the molecule is CC(CNC(=O)C1CCCC1N)N1CCCCC1. The number of nitrogens with zero attached hydrogens (tertiary/aromatic N) is 1. The summed E-state index contributed by atoms with van der Waals surface area (Å²) in [5.74, 6) is 0.224. The maximum absolute atomic E-state index is 12.0. The highest BCUT2D eigenvalue weighted by atomic mass is 16.1. The normalized spacial score (nSPS) is 31.2. The van der Waals surface area contributed by atoms with Gasteiger partial charge in [0.25, 0.3) is 0 Å². The Labute approximate surface area is 110 Å². The molecular formula is C14H27N3O.